The third-order valence-corrected chi connectivity index (χ3v) is 2.47. The molecule has 0 radical (unpaired) electrons. The van der Waals surface area contributed by atoms with Crippen LogP contribution in [0, 0.1) is 5.41 Å². The monoisotopic (exact) mass is 225 g/mol. The van der Waals surface area contributed by atoms with Crippen LogP contribution in [-0.4, -0.2) is 16.1 Å². The fraction of sp³-hybridized carbons (Fsp3) is 0.100. The summed E-state index contributed by atoms with van der Waals surface area (Å²) in [7, 11) is 0. The molecule has 1 heterocycles. The molecule has 5 heteroatoms. The van der Waals surface area contributed by atoms with Crippen molar-refractivity contribution in [1.82, 2.24) is 0 Å². The molecule has 2 rings (SSSR count). The van der Waals surface area contributed by atoms with E-state index >= 15 is 0 Å². The Bertz CT molecular complexity index is 456. The minimum Gasteiger partial charge on any atom is -0.505 e. The van der Waals surface area contributed by atoms with Crippen molar-refractivity contribution in [3.8, 4) is 0 Å². The molecule has 0 aromatic heterocycles. The Labute approximate surface area is 90.9 Å². The van der Waals surface area contributed by atoms with Crippen LogP contribution in [0.2, 0.25) is 5.02 Å². The summed E-state index contributed by atoms with van der Waals surface area (Å²) in [5.41, 5.74) is 0.519. The predicted molar refractivity (Wildman–Crippen MR) is 55.3 cm³/mol. The van der Waals surface area contributed by atoms with Gasteiger partial charge in [0.15, 0.2) is 11.9 Å². The number of hydrogen-bond donors (Lipinski definition) is 3. The van der Waals surface area contributed by atoms with Crippen LogP contribution < -0.4 is 0 Å². The summed E-state index contributed by atoms with van der Waals surface area (Å²) in [4.78, 5) is 0. The number of hydrogen-bond acceptors (Lipinski definition) is 4. The van der Waals surface area contributed by atoms with Crippen molar-refractivity contribution in [3.63, 3.8) is 0 Å². The number of benzene rings is 1. The first kappa shape index (κ1) is 9.86. The van der Waals surface area contributed by atoms with Crippen LogP contribution in [0.15, 0.2) is 35.8 Å². The fourth-order valence-electron chi connectivity index (χ4n) is 1.37. The average Bonchev–Trinajstić information content (AvgIpc) is 2.47. The van der Waals surface area contributed by atoms with Crippen LogP contribution in [0.5, 0.6) is 0 Å². The van der Waals surface area contributed by atoms with E-state index in [0.29, 0.717) is 10.6 Å². The molecule has 1 aliphatic rings. The van der Waals surface area contributed by atoms with E-state index in [9.17, 15) is 10.2 Å². The van der Waals surface area contributed by atoms with Gasteiger partial charge in [-0.05, 0) is 6.07 Å². The van der Waals surface area contributed by atoms with Gasteiger partial charge >= 0.3 is 0 Å². The normalized spacial score (nSPS) is 20.6. The van der Waals surface area contributed by atoms with Crippen LogP contribution in [-0.2, 0) is 4.74 Å². The zero-order chi connectivity index (χ0) is 11.0. The van der Waals surface area contributed by atoms with Gasteiger partial charge in [0, 0.05) is 10.6 Å². The molecule has 1 unspecified atom stereocenters. The lowest BCUT2D eigenvalue weighted by Crippen LogP contribution is -2.03. The standard InChI is InChI=1S/C10H8ClNO3/c11-6-4-2-1-3-5(6)9-7(13)8(14)10(12)15-9/h1-4,9,12-14H. The molecule has 0 aliphatic carbocycles. The van der Waals surface area contributed by atoms with Gasteiger partial charge in [-0.25, -0.2) is 0 Å². The van der Waals surface area contributed by atoms with Crippen LogP contribution in [0.3, 0.4) is 0 Å². The number of aliphatic hydroxyl groups is 2. The quantitative estimate of drug-likeness (QED) is 0.688. The first-order chi connectivity index (χ1) is 7.11. The number of aliphatic hydroxyl groups excluding tert-OH is 2. The van der Waals surface area contributed by atoms with Gasteiger partial charge in [0.1, 0.15) is 0 Å². The highest BCUT2D eigenvalue weighted by molar-refractivity contribution is 6.31. The largest absolute Gasteiger partial charge is 0.505 e. The van der Waals surface area contributed by atoms with E-state index in [4.69, 9.17) is 21.7 Å². The van der Waals surface area contributed by atoms with Crippen LogP contribution in [0.25, 0.3) is 0 Å². The third-order valence-electron chi connectivity index (χ3n) is 2.13. The van der Waals surface area contributed by atoms with E-state index < -0.39 is 17.8 Å². The van der Waals surface area contributed by atoms with Crippen molar-refractivity contribution in [2.45, 2.75) is 6.10 Å². The first-order valence-corrected chi connectivity index (χ1v) is 4.61. The molecule has 1 aliphatic heterocycles. The predicted octanol–water partition coefficient (Wildman–Crippen LogP) is 2.72. The molecule has 78 valence electrons. The second kappa shape index (κ2) is 3.47. The van der Waals surface area contributed by atoms with E-state index in [2.05, 4.69) is 0 Å². The first-order valence-electron chi connectivity index (χ1n) is 4.23. The van der Waals surface area contributed by atoms with Gasteiger partial charge in [-0.2, -0.15) is 0 Å². The molecule has 15 heavy (non-hydrogen) atoms. The smallest absolute Gasteiger partial charge is 0.254 e. The van der Waals surface area contributed by atoms with E-state index in [0.717, 1.165) is 0 Å². The molecule has 3 N–H and O–H groups in total. The highest BCUT2D eigenvalue weighted by Gasteiger charge is 2.33. The number of halogens is 1. The van der Waals surface area contributed by atoms with Gasteiger partial charge in [0.2, 0.25) is 5.76 Å². The fourth-order valence-corrected chi connectivity index (χ4v) is 1.60. The summed E-state index contributed by atoms with van der Waals surface area (Å²) >= 11 is 5.90. The molecule has 1 aromatic rings. The number of rotatable bonds is 1. The maximum Gasteiger partial charge on any atom is 0.254 e. The molecule has 0 saturated carbocycles. The van der Waals surface area contributed by atoms with Crippen molar-refractivity contribution in [2.24, 2.45) is 0 Å². The molecular weight excluding hydrogens is 218 g/mol. The van der Waals surface area contributed by atoms with Crippen molar-refractivity contribution in [3.05, 3.63) is 46.4 Å². The average molecular weight is 226 g/mol. The van der Waals surface area contributed by atoms with Crippen LogP contribution in [0.4, 0.5) is 0 Å². The number of nitrogens with one attached hydrogen (secondary N) is 1. The van der Waals surface area contributed by atoms with Gasteiger partial charge in [-0.1, -0.05) is 29.8 Å². The summed E-state index contributed by atoms with van der Waals surface area (Å²) in [5.74, 6) is -1.37. The lowest BCUT2D eigenvalue weighted by Gasteiger charge is -2.11. The lowest BCUT2D eigenvalue weighted by molar-refractivity contribution is 0.186. The van der Waals surface area contributed by atoms with E-state index in [1.54, 1.807) is 24.3 Å². The molecular formula is C10H8ClNO3. The van der Waals surface area contributed by atoms with E-state index in [1.807, 2.05) is 0 Å². The lowest BCUT2D eigenvalue weighted by atomic mass is 10.1. The molecule has 4 nitrogen and oxygen atoms in total. The minimum atomic E-state index is -0.883. The zero-order valence-electron chi connectivity index (χ0n) is 7.57. The zero-order valence-corrected chi connectivity index (χ0v) is 8.32. The van der Waals surface area contributed by atoms with Crippen molar-refractivity contribution >= 4 is 17.5 Å². The van der Waals surface area contributed by atoms with Crippen molar-refractivity contribution in [1.29, 1.82) is 5.41 Å². The van der Waals surface area contributed by atoms with Crippen LogP contribution >= 0.6 is 11.6 Å². The Balaban J connectivity index is 2.44. The molecule has 0 saturated heterocycles. The second-order valence-corrected chi connectivity index (χ2v) is 3.49. The van der Waals surface area contributed by atoms with Gasteiger partial charge in [-0.3, -0.25) is 5.41 Å². The van der Waals surface area contributed by atoms with E-state index in [1.165, 1.54) is 0 Å². The minimum absolute atomic E-state index is 0.381. The summed E-state index contributed by atoms with van der Waals surface area (Å²) in [6.45, 7) is 0. The molecule has 0 fully saturated rings. The summed E-state index contributed by atoms with van der Waals surface area (Å²) in [5, 5.41) is 26.4. The second-order valence-electron chi connectivity index (χ2n) is 3.08. The maximum absolute atomic E-state index is 9.51. The topological polar surface area (TPSA) is 73.5 Å². The molecule has 0 bridgehead atoms. The summed E-state index contributed by atoms with van der Waals surface area (Å²) < 4.78 is 4.98. The van der Waals surface area contributed by atoms with Gasteiger partial charge < -0.3 is 14.9 Å². The van der Waals surface area contributed by atoms with E-state index in [-0.39, 0.29) is 5.76 Å². The number of ether oxygens (including phenoxy) is 1. The van der Waals surface area contributed by atoms with Gasteiger partial charge in [0.05, 0.1) is 0 Å². The summed E-state index contributed by atoms with van der Waals surface area (Å²) in [6.07, 6.45) is -0.883. The molecule has 0 spiro atoms. The van der Waals surface area contributed by atoms with Crippen molar-refractivity contribution < 1.29 is 14.9 Å². The highest BCUT2D eigenvalue weighted by Crippen LogP contribution is 2.35. The Morgan fingerprint density at radius 2 is 1.93 bits per heavy atom. The Hall–Kier alpha value is -1.68. The maximum atomic E-state index is 9.51. The van der Waals surface area contributed by atoms with Crippen LogP contribution in [0.1, 0.15) is 11.7 Å². The Kier molecular flexibility index (Phi) is 2.28. The van der Waals surface area contributed by atoms with Crippen molar-refractivity contribution in [2.75, 3.05) is 0 Å². The highest BCUT2D eigenvalue weighted by atomic mass is 35.5. The molecule has 0 amide bonds. The Morgan fingerprint density at radius 3 is 2.47 bits per heavy atom. The van der Waals surface area contributed by atoms with Gasteiger partial charge in [0.25, 0.3) is 5.90 Å². The SMILES string of the molecule is N=C1OC(c2ccccc2Cl)C(O)=C1O. The van der Waals surface area contributed by atoms with Gasteiger partial charge in [-0.15, -0.1) is 0 Å². The summed E-state index contributed by atoms with van der Waals surface area (Å²) in [6, 6.07) is 6.78. The molecule has 1 atom stereocenters. The Morgan fingerprint density at radius 1 is 1.27 bits per heavy atom. The third kappa shape index (κ3) is 1.53. The molecule has 1 aromatic carbocycles.